The molecule has 1 heterocycles. The molecule has 0 spiro atoms. The molecule has 140 valence electrons. The fourth-order valence-corrected chi connectivity index (χ4v) is 3.57. The molecule has 1 aromatic heterocycles. The Balaban J connectivity index is 1.78. The van der Waals surface area contributed by atoms with E-state index in [1.807, 2.05) is 42.1 Å². The normalized spacial score (nSPS) is 21.2. The number of imidazole rings is 1. The van der Waals surface area contributed by atoms with Crippen molar-refractivity contribution in [2.75, 3.05) is 14.2 Å². The lowest BCUT2D eigenvalue weighted by molar-refractivity contribution is -0.127. The van der Waals surface area contributed by atoms with E-state index in [1.54, 1.807) is 20.4 Å². The van der Waals surface area contributed by atoms with E-state index in [0.29, 0.717) is 0 Å². The van der Waals surface area contributed by atoms with Crippen LogP contribution in [-0.2, 0) is 16.6 Å². The molecule has 3 rings (SSSR count). The summed E-state index contributed by atoms with van der Waals surface area (Å²) in [5, 5.41) is 3.21. The van der Waals surface area contributed by atoms with Gasteiger partial charge in [-0.25, -0.2) is 4.98 Å². The van der Waals surface area contributed by atoms with Gasteiger partial charge in [-0.15, -0.1) is 0 Å². The number of hydrogen-bond donors (Lipinski definition) is 1. The maximum Gasteiger partial charge on any atom is 0.223 e. The fourth-order valence-electron chi connectivity index (χ4n) is 3.57. The van der Waals surface area contributed by atoms with Gasteiger partial charge in [-0.05, 0) is 43.4 Å². The van der Waals surface area contributed by atoms with Crippen molar-refractivity contribution in [3.8, 4) is 5.75 Å². The number of amides is 1. The van der Waals surface area contributed by atoms with Crippen LogP contribution in [0.1, 0.15) is 43.1 Å². The van der Waals surface area contributed by atoms with Gasteiger partial charge in [-0.2, -0.15) is 0 Å². The van der Waals surface area contributed by atoms with Crippen molar-refractivity contribution in [2.24, 2.45) is 13.0 Å². The molecule has 6 nitrogen and oxygen atoms in total. The van der Waals surface area contributed by atoms with Crippen molar-refractivity contribution in [3.63, 3.8) is 0 Å². The summed E-state index contributed by atoms with van der Waals surface area (Å²) in [7, 11) is 5.32. The van der Waals surface area contributed by atoms with Crippen LogP contribution in [0.15, 0.2) is 36.7 Å². The van der Waals surface area contributed by atoms with Gasteiger partial charge in [-0.1, -0.05) is 12.1 Å². The SMILES string of the molecule is COc1ccc(C(NC(=O)C2CCC(OC)CC2)c2nccn2C)cc1. The third-order valence-corrected chi connectivity index (χ3v) is 5.23. The van der Waals surface area contributed by atoms with Crippen LogP contribution in [0.5, 0.6) is 5.75 Å². The standard InChI is InChI=1S/C20H27N3O3/c1-23-13-12-21-19(23)18(14-4-8-16(25-2)9-5-14)22-20(24)15-6-10-17(26-3)11-7-15/h4-5,8-9,12-13,15,17-18H,6-7,10-11H2,1-3H3,(H,22,24). The zero-order chi connectivity index (χ0) is 18.5. The minimum Gasteiger partial charge on any atom is -0.497 e. The number of ether oxygens (including phenoxy) is 2. The molecule has 1 amide bonds. The van der Waals surface area contributed by atoms with E-state index in [4.69, 9.17) is 9.47 Å². The molecule has 1 unspecified atom stereocenters. The largest absolute Gasteiger partial charge is 0.497 e. The lowest BCUT2D eigenvalue weighted by atomic mass is 9.86. The van der Waals surface area contributed by atoms with Crippen LogP contribution in [0.2, 0.25) is 0 Å². The van der Waals surface area contributed by atoms with Gasteiger partial charge in [0, 0.05) is 32.5 Å². The second-order valence-corrected chi connectivity index (χ2v) is 6.82. The first-order valence-electron chi connectivity index (χ1n) is 9.06. The Labute approximate surface area is 154 Å². The fraction of sp³-hybridized carbons (Fsp3) is 0.500. The molecular weight excluding hydrogens is 330 g/mol. The summed E-state index contributed by atoms with van der Waals surface area (Å²) in [6, 6.07) is 7.47. The molecule has 1 fully saturated rings. The molecule has 1 atom stereocenters. The summed E-state index contributed by atoms with van der Waals surface area (Å²) in [6.45, 7) is 0. The molecule has 0 aliphatic heterocycles. The molecular formula is C20H27N3O3. The summed E-state index contributed by atoms with van der Waals surface area (Å²) in [6.07, 6.45) is 7.52. The number of nitrogens with one attached hydrogen (secondary N) is 1. The molecule has 2 aromatic rings. The van der Waals surface area contributed by atoms with Crippen molar-refractivity contribution >= 4 is 5.91 Å². The van der Waals surface area contributed by atoms with Gasteiger partial charge in [0.2, 0.25) is 5.91 Å². The van der Waals surface area contributed by atoms with Crippen molar-refractivity contribution < 1.29 is 14.3 Å². The number of carbonyl (C=O) groups excluding carboxylic acids is 1. The smallest absolute Gasteiger partial charge is 0.223 e. The van der Waals surface area contributed by atoms with Crippen molar-refractivity contribution in [3.05, 3.63) is 48.0 Å². The minimum atomic E-state index is -0.284. The van der Waals surface area contributed by atoms with Gasteiger partial charge >= 0.3 is 0 Å². The molecule has 6 heteroatoms. The van der Waals surface area contributed by atoms with E-state index >= 15 is 0 Å². The maximum absolute atomic E-state index is 12.9. The first-order chi connectivity index (χ1) is 12.6. The van der Waals surface area contributed by atoms with Crippen molar-refractivity contribution in [1.82, 2.24) is 14.9 Å². The number of carbonyl (C=O) groups is 1. The van der Waals surface area contributed by atoms with Crippen molar-refractivity contribution in [1.29, 1.82) is 0 Å². The maximum atomic E-state index is 12.9. The third kappa shape index (κ3) is 4.07. The van der Waals surface area contributed by atoms with Crippen molar-refractivity contribution in [2.45, 2.75) is 37.8 Å². The second-order valence-electron chi connectivity index (χ2n) is 6.82. The average Bonchev–Trinajstić information content (AvgIpc) is 3.11. The molecule has 1 aliphatic carbocycles. The molecule has 0 radical (unpaired) electrons. The highest BCUT2D eigenvalue weighted by Gasteiger charge is 2.29. The minimum absolute atomic E-state index is 0.0300. The highest BCUT2D eigenvalue weighted by molar-refractivity contribution is 5.79. The molecule has 1 N–H and O–H groups in total. The number of rotatable bonds is 6. The molecule has 0 bridgehead atoms. The van der Waals surface area contributed by atoms with Gasteiger partial charge in [0.05, 0.1) is 13.2 Å². The van der Waals surface area contributed by atoms with E-state index in [0.717, 1.165) is 42.8 Å². The highest BCUT2D eigenvalue weighted by Crippen LogP contribution is 2.28. The van der Waals surface area contributed by atoms with E-state index in [2.05, 4.69) is 10.3 Å². The summed E-state index contributed by atoms with van der Waals surface area (Å²) in [4.78, 5) is 17.3. The Morgan fingerprint density at radius 1 is 1.19 bits per heavy atom. The molecule has 1 saturated carbocycles. The van der Waals surface area contributed by atoms with Gasteiger partial charge in [0.1, 0.15) is 17.6 Å². The van der Waals surface area contributed by atoms with Gasteiger partial charge in [0.25, 0.3) is 0 Å². The van der Waals surface area contributed by atoms with Gasteiger partial charge < -0.3 is 19.4 Å². The zero-order valence-corrected chi connectivity index (χ0v) is 15.6. The van der Waals surface area contributed by atoms with Crippen LogP contribution in [0.25, 0.3) is 0 Å². The molecule has 0 saturated heterocycles. The lowest BCUT2D eigenvalue weighted by Crippen LogP contribution is -2.38. The quantitative estimate of drug-likeness (QED) is 0.863. The molecule has 1 aromatic carbocycles. The molecule has 1 aliphatic rings. The van der Waals surface area contributed by atoms with E-state index < -0.39 is 0 Å². The highest BCUT2D eigenvalue weighted by atomic mass is 16.5. The lowest BCUT2D eigenvalue weighted by Gasteiger charge is -2.28. The number of aromatic nitrogens is 2. The van der Waals surface area contributed by atoms with Crippen LogP contribution in [0.4, 0.5) is 0 Å². The summed E-state index contributed by atoms with van der Waals surface area (Å²) < 4.78 is 12.6. The second kappa shape index (κ2) is 8.36. The topological polar surface area (TPSA) is 65.4 Å². The average molecular weight is 357 g/mol. The summed E-state index contributed by atoms with van der Waals surface area (Å²) in [5.74, 6) is 1.72. The summed E-state index contributed by atoms with van der Waals surface area (Å²) in [5.41, 5.74) is 0.985. The van der Waals surface area contributed by atoms with E-state index in [9.17, 15) is 4.79 Å². The van der Waals surface area contributed by atoms with Crippen LogP contribution < -0.4 is 10.1 Å². The van der Waals surface area contributed by atoms with Crippen LogP contribution >= 0.6 is 0 Å². The van der Waals surface area contributed by atoms with Crippen LogP contribution in [0, 0.1) is 5.92 Å². The zero-order valence-electron chi connectivity index (χ0n) is 15.6. The predicted octanol–water partition coefficient (Wildman–Crippen LogP) is 2.84. The Kier molecular flexibility index (Phi) is 5.93. The number of benzene rings is 1. The Hall–Kier alpha value is -2.34. The predicted molar refractivity (Wildman–Crippen MR) is 98.9 cm³/mol. The Bertz CT molecular complexity index is 718. The first-order valence-corrected chi connectivity index (χ1v) is 9.06. The van der Waals surface area contributed by atoms with Crippen LogP contribution in [0.3, 0.4) is 0 Å². The Morgan fingerprint density at radius 2 is 1.88 bits per heavy atom. The first kappa shape index (κ1) is 18.5. The Morgan fingerprint density at radius 3 is 2.42 bits per heavy atom. The summed E-state index contributed by atoms with van der Waals surface area (Å²) >= 11 is 0. The van der Waals surface area contributed by atoms with Crippen LogP contribution in [-0.4, -0.2) is 35.8 Å². The van der Waals surface area contributed by atoms with Gasteiger partial charge in [0.15, 0.2) is 0 Å². The van der Waals surface area contributed by atoms with E-state index in [1.165, 1.54) is 0 Å². The monoisotopic (exact) mass is 357 g/mol. The third-order valence-electron chi connectivity index (χ3n) is 5.23. The van der Waals surface area contributed by atoms with Gasteiger partial charge in [-0.3, -0.25) is 4.79 Å². The van der Waals surface area contributed by atoms with E-state index in [-0.39, 0.29) is 24.0 Å². The number of methoxy groups -OCH3 is 2. The number of nitrogens with zero attached hydrogens (tertiary/aromatic N) is 2. The number of aryl methyl sites for hydroxylation is 1. The molecule has 26 heavy (non-hydrogen) atoms. The number of hydrogen-bond acceptors (Lipinski definition) is 4.